The largest absolute Gasteiger partial charge is 0.463 e. The van der Waals surface area contributed by atoms with Gasteiger partial charge >= 0.3 is 11.9 Å². The summed E-state index contributed by atoms with van der Waals surface area (Å²) in [4.78, 5) is 22.6. The maximum absolute atomic E-state index is 11.4. The zero-order chi connectivity index (χ0) is 14.3. The van der Waals surface area contributed by atoms with Crippen LogP contribution in [0.4, 0.5) is 0 Å². The van der Waals surface area contributed by atoms with Crippen LogP contribution in [0.2, 0.25) is 10.0 Å². The molecule has 0 aliphatic heterocycles. The zero-order valence-electron chi connectivity index (χ0n) is 10.2. The summed E-state index contributed by atoms with van der Waals surface area (Å²) < 4.78 is 9.68. The van der Waals surface area contributed by atoms with Crippen LogP contribution < -0.4 is 4.74 Å². The SMILES string of the molecule is CCCOC(=O)/C=C/C(=O)Oc1cccc(Cl)c1Cl. The van der Waals surface area contributed by atoms with Crippen molar-refractivity contribution < 1.29 is 19.1 Å². The Morgan fingerprint density at radius 2 is 1.89 bits per heavy atom. The second-order valence-corrected chi connectivity index (χ2v) is 4.26. The van der Waals surface area contributed by atoms with Gasteiger partial charge in [0.1, 0.15) is 5.02 Å². The van der Waals surface area contributed by atoms with E-state index in [0.717, 1.165) is 12.2 Å². The van der Waals surface area contributed by atoms with E-state index in [9.17, 15) is 9.59 Å². The number of rotatable bonds is 5. The molecule has 1 aromatic rings. The smallest absolute Gasteiger partial charge is 0.336 e. The molecule has 0 unspecified atom stereocenters. The summed E-state index contributed by atoms with van der Waals surface area (Å²) in [6, 6.07) is 4.66. The van der Waals surface area contributed by atoms with Crippen LogP contribution in [0.1, 0.15) is 13.3 Å². The van der Waals surface area contributed by atoms with Crippen LogP contribution in [-0.2, 0) is 14.3 Å². The third kappa shape index (κ3) is 5.32. The van der Waals surface area contributed by atoms with Crippen molar-refractivity contribution in [3.63, 3.8) is 0 Å². The first-order chi connectivity index (χ1) is 9.04. The number of esters is 2. The van der Waals surface area contributed by atoms with Gasteiger partial charge in [-0.25, -0.2) is 9.59 Å². The summed E-state index contributed by atoms with van der Waals surface area (Å²) in [5, 5.41) is 0.415. The van der Waals surface area contributed by atoms with Gasteiger partial charge in [-0.3, -0.25) is 0 Å². The van der Waals surface area contributed by atoms with E-state index < -0.39 is 11.9 Å². The standard InChI is InChI=1S/C13H12Cl2O4/c1-2-8-18-11(16)6-7-12(17)19-10-5-3-4-9(14)13(10)15/h3-7H,2,8H2,1H3/b7-6+. The molecule has 0 atom stereocenters. The molecule has 0 aliphatic carbocycles. The van der Waals surface area contributed by atoms with Crippen molar-refractivity contribution in [3.8, 4) is 5.75 Å². The molecule has 0 radical (unpaired) electrons. The first kappa shape index (κ1) is 15.5. The number of hydrogen-bond acceptors (Lipinski definition) is 4. The number of halogens is 2. The molecule has 0 fully saturated rings. The monoisotopic (exact) mass is 302 g/mol. The lowest BCUT2D eigenvalue weighted by atomic mass is 10.3. The van der Waals surface area contributed by atoms with Gasteiger partial charge in [-0.15, -0.1) is 0 Å². The molecule has 0 saturated heterocycles. The average molecular weight is 303 g/mol. The van der Waals surface area contributed by atoms with Crippen LogP contribution >= 0.6 is 23.2 Å². The number of benzene rings is 1. The Bertz CT molecular complexity index is 497. The van der Waals surface area contributed by atoms with Gasteiger partial charge in [0, 0.05) is 12.2 Å². The highest BCUT2D eigenvalue weighted by Crippen LogP contribution is 2.31. The zero-order valence-corrected chi connectivity index (χ0v) is 11.7. The molecular weight excluding hydrogens is 291 g/mol. The fourth-order valence-corrected chi connectivity index (χ4v) is 1.42. The van der Waals surface area contributed by atoms with Gasteiger partial charge in [-0.2, -0.15) is 0 Å². The molecule has 0 bridgehead atoms. The van der Waals surface area contributed by atoms with Crippen molar-refractivity contribution in [1.82, 2.24) is 0 Å². The Morgan fingerprint density at radius 3 is 2.58 bits per heavy atom. The van der Waals surface area contributed by atoms with E-state index in [-0.39, 0.29) is 15.8 Å². The molecule has 4 nitrogen and oxygen atoms in total. The van der Waals surface area contributed by atoms with Crippen LogP contribution in [-0.4, -0.2) is 18.5 Å². The summed E-state index contributed by atoms with van der Waals surface area (Å²) >= 11 is 11.6. The number of carbonyl (C=O) groups is 2. The highest BCUT2D eigenvalue weighted by molar-refractivity contribution is 6.43. The second kappa shape index (κ2) is 7.81. The molecular formula is C13H12Cl2O4. The minimum Gasteiger partial charge on any atom is -0.463 e. The Morgan fingerprint density at radius 1 is 1.21 bits per heavy atom. The van der Waals surface area contributed by atoms with Crippen LogP contribution in [0, 0.1) is 0 Å². The van der Waals surface area contributed by atoms with E-state index in [0.29, 0.717) is 13.0 Å². The molecule has 1 aromatic carbocycles. The molecule has 0 saturated carbocycles. The van der Waals surface area contributed by atoms with Crippen LogP contribution in [0.5, 0.6) is 5.75 Å². The fourth-order valence-electron chi connectivity index (χ4n) is 1.09. The molecule has 102 valence electrons. The summed E-state index contributed by atoms with van der Waals surface area (Å²) in [5.74, 6) is -1.21. The van der Waals surface area contributed by atoms with Crippen molar-refractivity contribution in [2.45, 2.75) is 13.3 Å². The van der Waals surface area contributed by atoms with Gasteiger partial charge in [0.2, 0.25) is 0 Å². The lowest BCUT2D eigenvalue weighted by Crippen LogP contribution is -2.07. The molecule has 0 heterocycles. The van der Waals surface area contributed by atoms with Gasteiger partial charge in [0.05, 0.1) is 11.6 Å². The summed E-state index contributed by atoms with van der Waals surface area (Å²) in [5.41, 5.74) is 0. The Hall–Kier alpha value is -1.52. The molecule has 0 aromatic heterocycles. The molecule has 1 rings (SSSR count). The van der Waals surface area contributed by atoms with E-state index in [1.807, 2.05) is 6.92 Å². The topological polar surface area (TPSA) is 52.6 Å². The predicted molar refractivity (Wildman–Crippen MR) is 72.5 cm³/mol. The van der Waals surface area contributed by atoms with Gasteiger partial charge in [0.15, 0.2) is 5.75 Å². The minimum atomic E-state index is -0.738. The highest BCUT2D eigenvalue weighted by Gasteiger charge is 2.08. The van der Waals surface area contributed by atoms with Crippen molar-refractivity contribution in [2.75, 3.05) is 6.61 Å². The second-order valence-electron chi connectivity index (χ2n) is 3.47. The van der Waals surface area contributed by atoms with Crippen LogP contribution in [0.3, 0.4) is 0 Å². The Balaban J connectivity index is 2.58. The van der Waals surface area contributed by atoms with Gasteiger partial charge in [-0.1, -0.05) is 36.2 Å². The van der Waals surface area contributed by atoms with E-state index in [2.05, 4.69) is 0 Å². The molecule has 0 spiro atoms. The van der Waals surface area contributed by atoms with E-state index in [1.54, 1.807) is 12.1 Å². The van der Waals surface area contributed by atoms with Gasteiger partial charge < -0.3 is 9.47 Å². The van der Waals surface area contributed by atoms with Crippen molar-refractivity contribution in [2.24, 2.45) is 0 Å². The van der Waals surface area contributed by atoms with Crippen LogP contribution in [0.25, 0.3) is 0 Å². The van der Waals surface area contributed by atoms with E-state index in [1.165, 1.54) is 6.07 Å². The van der Waals surface area contributed by atoms with Crippen molar-refractivity contribution >= 4 is 35.1 Å². The lowest BCUT2D eigenvalue weighted by molar-refractivity contribution is -0.138. The maximum atomic E-state index is 11.4. The molecule has 0 N–H and O–H groups in total. The summed E-state index contributed by atoms with van der Waals surface area (Å²) in [7, 11) is 0. The summed E-state index contributed by atoms with van der Waals surface area (Å²) in [6.45, 7) is 2.17. The first-order valence-electron chi connectivity index (χ1n) is 5.55. The molecule has 0 amide bonds. The van der Waals surface area contributed by atoms with Crippen molar-refractivity contribution in [3.05, 3.63) is 40.4 Å². The van der Waals surface area contributed by atoms with E-state index >= 15 is 0 Å². The first-order valence-corrected chi connectivity index (χ1v) is 6.30. The highest BCUT2D eigenvalue weighted by atomic mass is 35.5. The Labute approximate surface area is 120 Å². The summed E-state index contributed by atoms with van der Waals surface area (Å²) in [6.07, 6.45) is 2.67. The fraction of sp³-hybridized carbons (Fsp3) is 0.231. The minimum absolute atomic E-state index is 0.130. The third-order valence-electron chi connectivity index (χ3n) is 1.93. The third-order valence-corrected chi connectivity index (χ3v) is 2.73. The molecule has 19 heavy (non-hydrogen) atoms. The number of ether oxygens (including phenoxy) is 2. The number of hydrogen-bond donors (Lipinski definition) is 0. The van der Waals surface area contributed by atoms with Crippen LogP contribution in [0.15, 0.2) is 30.4 Å². The molecule has 6 heteroatoms. The number of carbonyl (C=O) groups excluding carboxylic acids is 2. The Kier molecular flexibility index (Phi) is 6.39. The maximum Gasteiger partial charge on any atom is 0.336 e. The molecule has 0 aliphatic rings. The van der Waals surface area contributed by atoms with Crippen molar-refractivity contribution in [1.29, 1.82) is 0 Å². The predicted octanol–water partition coefficient (Wildman–Crippen LogP) is 3.41. The quantitative estimate of drug-likeness (QED) is 0.475. The van der Waals surface area contributed by atoms with Gasteiger partial charge in [-0.05, 0) is 18.6 Å². The normalized spacial score (nSPS) is 10.5. The lowest BCUT2D eigenvalue weighted by Gasteiger charge is -2.04. The van der Waals surface area contributed by atoms with E-state index in [4.69, 9.17) is 32.7 Å². The average Bonchev–Trinajstić information content (AvgIpc) is 2.39. The van der Waals surface area contributed by atoms with Gasteiger partial charge in [0.25, 0.3) is 0 Å².